The molecule has 0 amide bonds. The molecule has 3 nitrogen and oxygen atoms in total. The van der Waals surface area contributed by atoms with E-state index in [1.165, 1.54) is 0 Å². The first-order valence-electron chi connectivity index (χ1n) is 3.84. The molecule has 1 unspecified atom stereocenters. The first-order valence-corrected chi connectivity index (χ1v) is 3.84. The summed E-state index contributed by atoms with van der Waals surface area (Å²) in [6, 6.07) is 3.63. The van der Waals surface area contributed by atoms with Crippen LogP contribution in [0.4, 0.5) is 0 Å². The van der Waals surface area contributed by atoms with Crippen molar-refractivity contribution in [2.45, 2.75) is 13.0 Å². The molecule has 0 bridgehead atoms. The summed E-state index contributed by atoms with van der Waals surface area (Å²) in [5, 5.41) is 9.29. The SMILES string of the molecule is C/C(=C\c1ccco1)C(O)CN. The average molecular weight is 167 g/mol. The normalized spacial score (nSPS) is 14.8. The molecule has 1 atom stereocenters. The number of aliphatic hydroxyl groups excluding tert-OH is 1. The third-order valence-electron chi connectivity index (χ3n) is 1.66. The van der Waals surface area contributed by atoms with Gasteiger partial charge in [0.05, 0.1) is 12.4 Å². The predicted molar refractivity (Wildman–Crippen MR) is 47.4 cm³/mol. The van der Waals surface area contributed by atoms with Crippen LogP contribution in [-0.2, 0) is 0 Å². The van der Waals surface area contributed by atoms with Gasteiger partial charge in [-0.2, -0.15) is 0 Å². The Kier molecular flexibility index (Phi) is 3.08. The van der Waals surface area contributed by atoms with Gasteiger partial charge in [-0.05, 0) is 30.7 Å². The molecule has 0 radical (unpaired) electrons. The Balaban J connectivity index is 2.69. The molecule has 12 heavy (non-hydrogen) atoms. The van der Waals surface area contributed by atoms with Crippen LogP contribution in [0.3, 0.4) is 0 Å². The number of aliphatic hydroxyl groups is 1. The Bertz CT molecular complexity index is 252. The molecule has 3 heteroatoms. The van der Waals surface area contributed by atoms with Gasteiger partial charge in [0.15, 0.2) is 0 Å². The van der Waals surface area contributed by atoms with E-state index in [1.54, 1.807) is 18.4 Å². The Morgan fingerprint density at radius 1 is 1.83 bits per heavy atom. The van der Waals surface area contributed by atoms with Crippen LogP contribution in [0.2, 0.25) is 0 Å². The fraction of sp³-hybridized carbons (Fsp3) is 0.333. The van der Waals surface area contributed by atoms with Gasteiger partial charge in [-0.1, -0.05) is 0 Å². The number of hydrogen-bond donors (Lipinski definition) is 2. The van der Waals surface area contributed by atoms with Crippen molar-refractivity contribution in [2.24, 2.45) is 5.73 Å². The molecule has 0 fully saturated rings. The van der Waals surface area contributed by atoms with Crippen LogP contribution in [-0.4, -0.2) is 17.8 Å². The zero-order chi connectivity index (χ0) is 8.97. The molecular weight excluding hydrogens is 154 g/mol. The Labute approximate surface area is 71.5 Å². The second-order valence-corrected chi connectivity index (χ2v) is 2.66. The maximum absolute atomic E-state index is 9.29. The molecule has 0 saturated heterocycles. The third kappa shape index (κ3) is 2.22. The van der Waals surface area contributed by atoms with E-state index < -0.39 is 6.10 Å². The van der Waals surface area contributed by atoms with Crippen molar-refractivity contribution in [3.63, 3.8) is 0 Å². The highest BCUT2D eigenvalue weighted by Crippen LogP contribution is 2.09. The molecule has 1 aromatic rings. The van der Waals surface area contributed by atoms with Crippen molar-refractivity contribution in [2.75, 3.05) is 6.54 Å². The lowest BCUT2D eigenvalue weighted by Gasteiger charge is -2.06. The van der Waals surface area contributed by atoms with Crippen LogP contribution in [0.15, 0.2) is 28.4 Å². The van der Waals surface area contributed by atoms with E-state index in [9.17, 15) is 5.11 Å². The van der Waals surface area contributed by atoms with Crippen LogP contribution in [0.5, 0.6) is 0 Å². The lowest BCUT2D eigenvalue weighted by Crippen LogP contribution is -2.20. The van der Waals surface area contributed by atoms with Crippen molar-refractivity contribution in [3.8, 4) is 0 Å². The van der Waals surface area contributed by atoms with E-state index in [2.05, 4.69) is 0 Å². The van der Waals surface area contributed by atoms with Crippen molar-refractivity contribution < 1.29 is 9.52 Å². The number of rotatable bonds is 3. The van der Waals surface area contributed by atoms with Crippen molar-refractivity contribution in [3.05, 3.63) is 29.7 Å². The zero-order valence-corrected chi connectivity index (χ0v) is 7.03. The van der Waals surface area contributed by atoms with Crippen molar-refractivity contribution in [1.82, 2.24) is 0 Å². The molecule has 0 aliphatic heterocycles. The van der Waals surface area contributed by atoms with E-state index in [4.69, 9.17) is 10.2 Å². The maximum Gasteiger partial charge on any atom is 0.126 e. The van der Waals surface area contributed by atoms with Gasteiger partial charge in [0, 0.05) is 6.54 Å². The summed E-state index contributed by atoms with van der Waals surface area (Å²) in [6.07, 6.45) is 2.79. The van der Waals surface area contributed by atoms with E-state index in [0.29, 0.717) is 0 Å². The molecular formula is C9H13NO2. The molecule has 66 valence electrons. The molecule has 0 aliphatic carbocycles. The third-order valence-corrected chi connectivity index (χ3v) is 1.66. The summed E-state index contributed by atoms with van der Waals surface area (Å²) in [5.41, 5.74) is 6.09. The molecule has 0 aliphatic rings. The monoisotopic (exact) mass is 167 g/mol. The largest absolute Gasteiger partial charge is 0.465 e. The maximum atomic E-state index is 9.29. The van der Waals surface area contributed by atoms with Gasteiger partial charge in [0.2, 0.25) is 0 Å². The minimum Gasteiger partial charge on any atom is -0.465 e. The van der Waals surface area contributed by atoms with Crippen LogP contribution in [0.25, 0.3) is 6.08 Å². The highest BCUT2D eigenvalue weighted by atomic mass is 16.3. The summed E-state index contributed by atoms with van der Waals surface area (Å²) in [4.78, 5) is 0. The van der Waals surface area contributed by atoms with E-state index >= 15 is 0 Å². The topological polar surface area (TPSA) is 59.4 Å². The van der Waals surface area contributed by atoms with Gasteiger partial charge < -0.3 is 15.3 Å². The van der Waals surface area contributed by atoms with Gasteiger partial charge in [-0.3, -0.25) is 0 Å². The lowest BCUT2D eigenvalue weighted by molar-refractivity contribution is 0.220. The van der Waals surface area contributed by atoms with E-state index in [-0.39, 0.29) is 6.54 Å². The first-order chi connectivity index (χ1) is 5.74. The van der Waals surface area contributed by atoms with Crippen LogP contribution in [0.1, 0.15) is 12.7 Å². The summed E-state index contributed by atoms with van der Waals surface area (Å²) in [7, 11) is 0. The van der Waals surface area contributed by atoms with Crippen LogP contribution < -0.4 is 5.73 Å². The highest BCUT2D eigenvalue weighted by molar-refractivity contribution is 5.47. The molecule has 1 heterocycles. The second-order valence-electron chi connectivity index (χ2n) is 2.66. The lowest BCUT2D eigenvalue weighted by atomic mass is 10.1. The van der Waals surface area contributed by atoms with Crippen LogP contribution in [0, 0.1) is 0 Å². The molecule has 1 aromatic heterocycles. The van der Waals surface area contributed by atoms with Gasteiger partial charge in [0.25, 0.3) is 0 Å². The number of nitrogens with two attached hydrogens (primary N) is 1. The van der Waals surface area contributed by atoms with Crippen molar-refractivity contribution >= 4 is 6.08 Å². The quantitative estimate of drug-likeness (QED) is 0.706. The molecule has 0 saturated carbocycles. The fourth-order valence-electron chi connectivity index (χ4n) is 0.880. The minimum atomic E-state index is -0.574. The van der Waals surface area contributed by atoms with E-state index in [1.807, 2.05) is 13.0 Å². The standard InChI is InChI=1S/C9H13NO2/c1-7(9(11)6-10)5-8-3-2-4-12-8/h2-5,9,11H,6,10H2,1H3/b7-5+. The predicted octanol–water partition coefficient (Wildman–Crippen LogP) is 1.00. The Hall–Kier alpha value is -1.06. The fourth-order valence-corrected chi connectivity index (χ4v) is 0.880. The van der Waals surface area contributed by atoms with Crippen LogP contribution >= 0.6 is 0 Å². The Morgan fingerprint density at radius 3 is 3.08 bits per heavy atom. The molecule has 3 N–H and O–H groups in total. The second kappa shape index (κ2) is 4.09. The molecule has 0 spiro atoms. The van der Waals surface area contributed by atoms with Crippen molar-refractivity contribution in [1.29, 1.82) is 0 Å². The smallest absolute Gasteiger partial charge is 0.126 e. The average Bonchev–Trinajstić information content (AvgIpc) is 2.55. The van der Waals surface area contributed by atoms with E-state index in [0.717, 1.165) is 11.3 Å². The molecule has 0 aromatic carbocycles. The molecule has 1 rings (SSSR count). The first kappa shape index (κ1) is 9.03. The number of hydrogen-bond acceptors (Lipinski definition) is 3. The summed E-state index contributed by atoms with van der Waals surface area (Å²) >= 11 is 0. The summed E-state index contributed by atoms with van der Waals surface area (Å²) in [5.74, 6) is 0.736. The van der Waals surface area contributed by atoms with Gasteiger partial charge in [0.1, 0.15) is 5.76 Å². The summed E-state index contributed by atoms with van der Waals surface area (Å²) < 4.78 is 5.07. The zero-order valence-electron chi connectivity index (χ0n) is 7.03. The number of furan rings is 1. The van der Waals surface area contributed by atoms with Gasteiger partial charge in [-0.25, -0.2) is 0 Å². The Morgan fingerprint density at radius 2 is 2.58 bits per heavy atom. The highest BCUT2D eigenvalue weighted by Gasteiger charge is 2.03. The summed E-state index contributed by atoms with van der Waals surface area (Å²) in [6.45, 7) is 2.06. The minimum absolute atomic E-state index is 0.239. The van der Waals surface area contributed by atoms with Gasteiger partial charge in [-0.15, -0.1) is 0 Å². The van der Waals surface area contributed by atoms with Gasteiger partial charge >= 0.3 is 0 Å².